The molecule has 0 atom stereocenters. The SMILES string of the molecule is CCCCOCCCN=C(NCC)NCCc1ccco1.I. The van der Waals surface area contributed by atoms with Gasteiger partial charge in [0.1, 0.15) is 5.76 Å². The van der Waals surface area contributed by atoms with Crippen molar-refractivity contribution in [2.24, 2.45) is 4.99 Å². The predicted molar refractivity (Wildman–Crippen MR) is 102 cm³/mol. The van der Waals surface area contributed by atoms with Gasteiger partial charge in [0.05, 0.1) is 6.26 Å². The summed E-state index contributed by atoms with van der Waals surface area (Å²) in [5.74, 6) is 1.85. The first-order chi connectivity index (χ1) is 10.4. The molecule has 0 aromatic carbocycles. The molecule has 5 nitrogen and oxygen atoms in total. The summed E-state index contributed by atoms with van der Waals surface area (Å²) in [7, 11) is 0. The Morgan fingerprint density at radius 2 is 2.05 bits per heavy atom. The lowest BCUT2D eigenvalue weighted by molar-refractivity contribution is 0.130. The maximum atomic E-state index is 5.52. The van der Waals surface area contributed by atoms with E-state index >= 15 is 0 Å². The van der Waals surface area contributed by atoms with E-state index in [1.54, 1.807) is 6.26 Å². The minimum Gasteiger partial charge on any atom is -0.469 e. The first-order valence-corrected chi connectivity index (χ1v) is 7.99. The average Bonchev–Trinajstić information content (AvgIpc) is 2.99. The summed E-state index contributed by atoms with van der Waals surface area (Å²) in [5, 5.41) is 6.55. The molecule has 0 aliphatic carbocycles. The van der Waals surface area contributed by atoms with E-state index in [2.05, 4.69) is 29.5 Å². The molecule has 0 fully saturated rings. The number of furan rings is 1. The number of hydrogen-bond donors (Lipinski definition) is 2. The van der Waals surface area contributed by atoms with Crippen molar-refractivity contribution in [3.63, 3.8) is 0 Å². The molecule has 0 aliphatic heterocycles. The fourth-order valence-electron chi connectivity index (χ4n) is 1.81. The van der Waals surface area contributed by atoms with E-state index in [1.165, 1.54) is 6.42 Å². The van der Waals surface area contributed by atoms with Gasteiger partial charge in [-0.15, -0.1) is 24.0 Å². The van der Waals surface area contributed by atoms with Crippen LogP contribution < -0.4 is 10.6 Å². The fraction of sp³-hybridized carbons (Fsp3) is 0.688. The Bertz CT molecular complexity index is 369. The molecule has 2 N–H and O–H groups in total. The number of hydrogen-bond acceptors (Lipinski definition) is 3. The quantitative estimate of drug-likeness (QED) is 0.249. The monoisotopic (exact) mass is 423 g/mol. The summed E-state index contributed by atoms with van der Waals surface area (Å²) in [6.07, 6.45) is 5.84. The Morgan fingerprint density at radius 1 is 1.23 bits per heavy atom. The van der Waals surface area contributed by atoms with Crippen LogP contribution in [0.25, 0.3) is 0 Å². The summed E-state index contributed by atoms with van der Waals surface area (Å²) < 4.78 is 10.8. The smallest absolute Gasteiger partial charge is 0.191 e. The molecule has 1 rings (SSSR count). The van der Waals surface area contributed by atoms with E-state index in [-0.39, 0.29) is 24.0 Å². The van der Waals surface area contributed by atoms with Crippen LogP contribution in [-0.4, -0.2) is 38.8 Å². The third kappa shape index (κ3) is 10.9. The topological polar surface area (TPSA) is 58.8 Å². The second-order valence-corrected chi connectivity index (χ2v) is 4.84. The van der Waals surface area contributed by atoms with E-state index in [0.29, 0.717) is 0 Å². The molecule has 128 valence electrons. The van der Waals surface area contributed by atoms with Gasteiger partial charge in [-0.1, -0.05) is 13.3 Å². The second-order valence-electron chi connectivity index (χ2n) is 4.84. The highest BCUT2D eigenvalue weighted by molar-refractivity contribution is 14.0. The average molecular weight is 423 g/mol. The summed E-state index contributed by atoms with van der Waals surface area (Å²) in [6, 6.07) is 3.90. The van der Waals surface area contributed by atoms with Crippen molar-refractivity contribution in [3.05, 3.63) is 24.2 Å². The van der Waals surface area contributed by atoms with Crippen LogP contribution in [0.3, 0.4) is 0 Å². The van der Waals surface area contributed by atoms with E-state index in [1.807, 2.05) is 12.1 Å². The zero-order chi connectivity index (χ0) is 15.2. The van der Waals surface area contributed by atoms with Gasteiger partial charge in [-0.25, -0.2) is 0 Å². The van der Waals surface area contributed by atoms with Crippen LogP contribution in [0.5, 0.6) is 0 Å². The van der Waals surface area contributed by atoms with E-state index in [0.717, 1.165) is 63.8 Å². The molecule has 0 saturated carbocycles. The normalized spacial score (nSPS) is 11.1. The highest BCUT2D eigenvalue weighted by Gasteiger charge is 1.99. The van der Waals surface area contributed by atoms with E-state index < -0.39 is 0 Å². The van der Waals surface area contributed by atoms with Gasteiger partial charge in [-0.2, -0.15) is 0 Å². The largest absolute Gasteiger partial charge is 0.469 e. The highest BCUT2D eigenvalue weighted by atomic mass is 127. The molecular formula is C16H30IN3O2. The Balaban J connectivity index is 0.00000441. The van der Waals surface area contributed by atoms with Gasteiger partial charge in [0.2, 0.25) is 0 Å². The summed E-state index contributed by atoms with van der Waals surface area (Å²) >= 11 is 0. The zero-order valence-electron chi connectivity index (χ0n) is 13.8. The van der Waals surface area contributed by atoms with Crippen LogP contribution >= 0.6 is 24.0 Å². The maximum absolute atomic E-state index is 5.52. The van der Waals surface area contributed by atoms with Crippen LogP contribution in [0.1, 0.15) is 38.9 Å². The van der Waals surface area contributed by atoms with Crippen LogP contribution in [0.4, 0.5) is 0 Å². The summed E-state index contributed by atoms with van der Waals surface area (Å²) in [6.45, 7) is 8.34. The number of halogens is 1. The fourth-order valence-corrected chi connectivity index (χ4v) is 1.81. The summed E-state index contributed by atoms with van der Waals surface area (Å²) in [4.78, 5) is 4.53. The van der Waals surface area contributed by atoms with Crippen LogP contribution in [-0.2, 0) is 11.2 Å². The number of unbranched alkanes of at least 4 members (excludes halogenated alkanes) is 1. The molecule has 1 aromatic heterocycles. The third-order valence-corrected chi connectivity index (χ3v) is 2.95. The number of nitrogens with one attached hydrogen (secondary N) is 2. The summed E-state index contributed by atoms with van der Waals surface area (Å²) in [5.41, 5.74) is 0. The minimum atomic E-state index is 0. The van der Waals surface area contributed by atoms with Gasteiger partial charge in [-0.05, 0) is 31.9 Å². The van der Waals surface area contributed by atoms with Crippen molar-refractivity contribution < 1.29 is 9.15 Å². The lowest BCUT2D eigenvalue weighted by Crippen LogP contribution is -2.38. The number of rotatable bonds is 11. The van der Waals surface area contributed by atoms with Crippen LogP contribution in [0.15, 0.2) is 27.8 Å². The van der Waals surface area contributed by atoms with Crippen molar-refractivity contribution in [3.8, 4) is 0 Å². The first kappa shape index (κ1) is 21.2. The number of ether oxygens (including phenoxy) is 1. The van der Waals surface area contributed by atoms with E-state index in [9.17, 15) is 0 Å². The molecular weight excluding hydrogens is 393 g/mol. The molecule has 22 heavy (non-hydrogen) atoms. The molecule has 1 aromatic rings. The highest BCUT2D eigenvalue weighted by Crippen LogP contribution is 1.99. The molecule has 0 aliphatic rings. The maximum Gasteiger partial charge on any atom is 0.191 e. The number of aliphatic imine (C=N–C) groups is 1. The molecule has 6 heteroatoms. The number of nitrogens with zero attached hydrogens (tertiary/aromatic N) is 1. The molecule has 0 bridgehead atoms. The molecule has 1 heterocycles. The van der Waals surface area contributed by atoms with Gasteiger partial charge in [0.25, 0.3) is 0 Å². The third-order valence-electron chi connectivity index (χ3n) is 2.95. The van der Waals surface area contributed by atoms with E-state index in [4.69, 9.17) is 9.15 Å². The van der Waals surface area contributed by atoms with Gasteiger partial charge < -0.3 is 19.8 Å². The first-order valence-electron chi connectivity index (χ1n) is 7.99. The van der Waals surface area contributed by atoms with Crippen molar-refractivity contribution in [2.75, 3.05) is 32.8 Å². The van der Waals surface area contributed by atoms with Gasteiger partial charge in [0.15, 0.2) is 5.96 Å². The molecule has 0 radical (unpaired) electrons. The Hall–Kier alpha value is -0.760. The molecule has 0 spiro atoms. The van der Waals surface area contributed by atoms with Gasteiger partial charge in [-0.3, -0.25) is 4.99 Å². The van der Waals surface area contributed by atoms with Crippen molar-refractivity contribution in [1.29, 1.82) is 0 Å². The lowest BCUT2D eigenvalue weighted by atomic mass is 10.3. The predicted octanol–water partition coefficient (Wildman–Crippen LogP) is 3.20. The zero-order valence-corrected chi connectivity index (χ0v) is 16.1. The van der Waals surface area contributed by atoms with Crippen molar-refractivity contribution in [2.45, 2.75) is 39.5 Å². The van der Waals surface area contributed by atoms with Crippen molar-refractivity contribution >= 4 is 29.9 Å². The van der Waals surface area contributed by atoms with Crippen molar-refractivity contribution in [1.82, 2.24) is 10.6 Å². The second kappa shape index (κ2) is 15.1. The molecule has 0 saturated heterocycles. The van der Waals surface area contributed by atoms with Gasteiger partial charge in [0, 0.05) is 39.3 Å². The van der Waals surface area contributed by atoms with Crippen LogP contribution in [0.2, 0.25) is 0 Å². The molecule has 0 unspecified atom stereocenters. The Morgan fingerprint density at radius 3 is 2.73 bits per heavy atom. The number of guanidine groups is 1. The Kier molecular flexibility index (Phi) is 14.6. The molecule has 0 amide bonds. The lowest BCUT2D eigenvalue weighted by Gasteiger charge is -2.10. The van der Waals surface area contributed by atoms with Crippen LogP contribution in [0, 0.1) is 0 Å². The Labute approximate surface area is 151 Å². The van der Waals surface area contributed by atoms with Gasteiger partial charge >= 0.3 is 0 Å². The standard InChI is InChI=1S/C16H29N3O2.HI/c1-3-5-12-20-13-7-10-18-16(17-4-2)19-11-9-15-8-6-14-21-15;/h6,8,14H,3-5,7,9-13H2,1-2H3,(H2,17,18,19);1H. The minimum absolute atomic E-state index is 0.